The molecule has 7 heteroatoms. The topological polar surface area (TPSA) is 85.9 Å². The van der Waals surface area contributed by atoms with Crippen molar-refractivity contribution in [3.63, 3.8) is 0 Å². The Kier molecular flexibility index (Phi) is 6.20. The molecule has 2 aromatic carbocycles. The molecule has 160 valence electrons. The van der Waals surface area contributed by atoms with E-state index in [-0.39, 0.29) is 6.09 Å². The molecule has 0 bridgehead atoms. The molecule has 1 amide bonds. The Morgan fingerprint density at radius 3 is 2.17 bits per heavy atom. The van der Waals surface area contributed by atoms with E-state index < -0.39 is 5.60 Å². The van der Waals surface area contributed by atoms with Gasteiger partial charge in [0.25, 0.3) is 0 Å². The smallest absolute Gasteiger partial charge is 0.410 e. The van der Waals surface area contributed by atoms with Crippen LogP contribution in [0.3, 0.4) is 0 Å². The molecule has 3 N–H and O–H groups in total. The predicted molar refractivity (Wildman–Crippen MR) is 122 cm³/mol. The molecule has 0 spiro atoms. The van der Waals surface area contributed by atoms with Crippen LogP contribution in [0.1, 0.15) is 26.3 Å². The van der Waals surface area contributed by atoms with E-state index in [1.54, 1.807) is 4.90 Å². The highest BCUT2D eigenvalue weighted by atomic mass is 16.6. The van der Waals surface area contributed by atoms with E-state index >= 15 is 0 Å². The number of carbonyl (C=O) groups is 1. The minimum atomic E-state index is -0.507. The van der Waals surface area contributed by atoms with Gasteiger partial charge in [0.2, 0.25) is 0 Å². The van der Waals surface area contributed by atoms with Crippen molar-refractivity contribution < 1.29 is 9.53 Å². The van der Waals surface area contributed by atoms with Crippen LogP contribution in [-0.4, -0.2) is 60.6 Å². The number of ether oxygens (including phenoxy) is 1. The standard InChI is InChI=1S/C23H31N5O2/c1-23(2,3)30-22(29)28-15-13-27(14-16-28)21(25)19-7-5-6-8-20(19)26(4)18-11-9-17(24)10-12-18/h5-12,25H,13-16,24H2,1-4H3. The number of amides is 1. The van der Waals surface area contributed by atoms with Gasteiger partial charge in [0.05, 0.1) is 5.69 Å². The molecular weight excluding hydrogens is 378 g/mol. The molecule has 1 aliphatic heterocycles. The molecule has 1 saturated heterocycles. The number of rotatable bonds is 3. The van der Waals surface area contributed by atoms with Crippen LogP contribution in [-0.2, 0) is 4.74 Å². The lowest BCUT2D eigenvalue weighted by atomic mass is 10.1. The summed E-state index contributed by atoms with van der Waals surface area (Å²) in [6, 6.07) is 15.6. The fourth-order valence-electron chi connectivity index (χ4n) is 3.41. The van der Waals surface area contributed by atoms with E-state index in [0.717, 1.165) is 22.6 Å². The number of hydrogen-bond donors (Lipinski definition) is 2. The van der Waals surface area contributed by atoms with Crippen molar-refractivity contribution in [3.05, 3.63) is 54.1 Å². The number of anilines is 3. The minimum Gasteiger partial charge on any atom is -0.444 e. The normalized spacial score (nSPS) is 14.4. The Bertz CT molecular complexity index is 897. The van der Waals surface area contributed by atoms with Gasteiger partial charge in [-0.2, -0.15) is 0 Å². The molecule has 30 heavy (non-hydrogen) atoms. The lowest BCUT2D eigenvalue weighted by Crippen LogP contribution is -2.51. The third-order valence-corrected chi connectivity index (χ3v) is 5.05. The summed E-state index contributed by atoms with van der Waals surface area (Å²) in [6.45, 7) is 7.86. The van der Waals surface area contributed by atoms with Crippen LogP contribution < -0.4 is 10.6 Å². The van der Waals surface area contributed by atoms with E-state index in [1.807, 2.05) is 81.2 Å². The maximum absolute atomic E-state index is 12.3. The number of nitrogens with two attached hydrogens (primary N) is 1. The van der Waals surface area contributed by atoms with Crippen molar-refractivity contribution in [2.45, 2.75) is 26.4 Å². The van der Waals surface area contributed by atoms with Crippen molar-refractivity contribution in [2.75, 3.05) is 43.9 Å². The highest BCUT2D eigenvalue weighted by Crippen LogP contribution is 2.28. The Hall–Kier alpha value is -3.22. The first-order valence-corrected chi connectivity index (χ1v) is 10.2. The molecule has 0 saturated carbocycles. The number of hydrogen-bond acceptors (Lipinski definition) is 5. The molecule has 0 aromatic heterocycles. The molecule has 1 fully saturated rings. The van der Waals surface area contributed by atoms with Crippen molar-refractivity contribution in [1.29, 1.82) is 5.41 Å². The van der Waals surface area contributed by atoms with E-state index in [9.17, 15) is 4.79 Å². The van der Waals surface area contributed by atoms with Crippen LogP contribution in [0, 0.1) is 5.41 Å². The van der Waals surface area contributed by atoms with Crippen LogP contribution in [0.15, 0.2) is 48.5 Å². The maximum Gasteiger partial charge on any atom is 0.410 e. The van der Waals surface area contributed by atoms with Gasteiger partial charge >= 0.3 is 6.09 Å². The van der Waals surface area contributed by atoms with E-state index in [1.165, 1.54) is 0 Å². The Balaban J connectivity index is 1.71. The molecular formula is C23H31N5O2. The van der Waals surface area contributed by atoms with Crippen LogP contribution >= 0.6 is 0 Å². The average molecular weight is 410 g/mol. The number of amidine groups is 1. The fraction of sp³-hybridized carbons (Fsp3) is 0.391. The first-order chi connectivity index (χ1) is 14.2. The van der Waals surface area contributed by atoms with Gasteiger partial charge in [-0.1, -0.05) is 12.1 Å². The number of carbonyl (C=O) groups excluding carboxylic acids is 1. The zero-order valence-electron chi connectivity index (χ0n) is 18.2. The number of benzene rings is 2. The molecule has 3 rings (SSSR count). The summed E-state index contributed by atoms with van der Waals surface area (Å²) in [5.41, 5.74) is 8.82. The van der Waals surface area contributed by atoms with Gasteiger partial charge in [-0.15, -0.1) is 0 Å². The van der Waals surface area contributed by atoms with Crippen molar-refractivity contribution >= 4 is 29.0 Å². The zero-order chi connectivity index (χ0) is 21.9. The summed E-state index contributed by atoms with van der Waals surface area (Å²) < 4.78 is 5.46. The van der Waals surface area contributed by atoms with Gasteiger partial charge in [0, 0.05) is 50.2 Å². The van der Waals surface area contributed by atoms with E-state index in [2.05, 4.69) is 4.90 Å². The second kappa shape index (κ2) is 8.65. The average Bonchev–Trinajstić information content (AvgIpc) is 2.72. The lowest BCUT2D eigenvalue weighted by Gasteiger charge is -2.37. The predicted octanol–water partition coefficient (Wildman–Crippen LogP) is 3.91. The maximum atomic E-state index is 12.3. The van der Waals surface area contributed by atoms with Gasteiger partial charge in [0.1, 0.15) is 11.4 Å². The Morgan fingerprint density at radius 1 is 1.00 bits per heavy atom. The third-order valence-electron chi connectivity index (χ3n) is 5.05. The Labute approximate surface area is 178 Å². The molecule has 0 aliphatic carbocycles. The summed E-state index contributed by atoms with van der Waals surface area (Å²) in [6.07, 6.45) is -0.294. The van der Waals surface area contributed by atoms with Crippen LogP contribution in [0.2, 0.25) is 0 Å². The highest BCUT2D eigenvalue weighted by molar-refractivity contribution is 6.02. The van der Waals surface area contributed by atoms with Gasteiger partial charge < -0.3 is 25.2 Å². The zero-order valence-corrected chi connectivity index (χ0v) is 18.2. The summed E-state index contributed by atoms with van der Waals surface area (Å²) in [7, 11) is 1.98. The lowest BCUT2D eigenvalue weighted by molar-refractivity contribution is 0.0187. The fourth-order valence-corrected chi connectivity index (χ4v) is 3.41. The first-order valence-electron chi connectivity index (χ1n) is 10.2. The molecule has 0 atom stereocenters. The van der Waals surface area contributed by atoms with Crippen LogP contribution in [0.5, 0.6) is 0 Å². The summed E-state index contributed by atoms with van der Waals surface area (Å²) in [4.78, 5) is 18.1. The molecule has 7 nitrogen and oxygen atoms in total. The van der Waals surface area contributed by atoms with Gasteiger partial charge in [-0.05, 0) is 57.2 Å². The summed E-state index contributed by atoms with van der Waals surface area (Å²) in [5, 5.41) is 8.82. The summed E-state index contributed by atoms with van der Waals surface area (Å²) in [5.74, 6) is 0.455. The second-order valence-electron chi connectivity index (χ2n) is 8.47. The third kappa shape index (κ3) is 5.03. The molecule has 2 aromatic rings. The molecule has 1 aliphatic rings. The van der Waals surface area contributed by atoms with Crippen molar-refractivity contribution in [2.24, 2.45) is 0 Å². The number of nitrogens with one attached hydrogen (secondary N) is 1. The van der Waals surface area contributed by atoms with Gasteiger partial charge in [-0.3, -0.25) is 5.41 Å². The number of para-hydroxylation sites is 1. The number of nitrogens with zero attached hydrogens (tertiary/aromatic N) is 3. The van der Waals surface area contributed by atoms with E-state index in [4.69, 9.17) is 15.9 Å². The molecule has 0 unspecified atom stereocenters. The van der Waals surface area contributed by atoms with Gasteiger partial charge in [0.15, 0.2) is 0 Å². The van der Waals surface area contributed by atoms with Crippen LogP contribution in [0.25, 0.3) is 0 Å². The largest absolute Gasteiger partial charge is 0.444 e. The monoisotopic (exact) mass is 409 g/mol. The number of nitrogen functional groups attached to an aromatic ring is 1. The van der Waals surface area contributed by atoms with Gasteiger partial charge in [-0.25, -0.2) is 4.79 Å². The molecule has 1 heterocycles. The van der Waals surface area contributed by atoms with Crippen LogP contribution in [0.4, 0.5) is 21.9 Å². The SMILES string of the molecule is CN(c1ccc(N)cc1)c1ccccc1C(=N)N1CCN(C(=O)OC(C)(C)C)CC1. The Morgan fingerprint density at radius 2 is 1.57 bits per heavy atom. The van der Waals surface area contributed by atoms with E-state index in [0.29, 0.717) is 32.0 Å². The highest BCUT2D eigenvalue weighted by Gasteiger charge is 2.27. The minimum absolute atomic E-state index is 0.294. The number of piperazine rings is 1. The second-order valence-corrected chi connectivity index (χ2v) is 8.47. The first kappa shape index (κ1) is 21.5. The molecule has 0 radical (unpaired) electrons. The quantitative estimate of drug-likeness (QED) is 0.456. The van der Waals surface area contributed by atoms with Crippen molar-refractivity contribution in [1.82, 2.24) is 9.80 Å². The van der Waals surface area contributed by atoms with Crippen molar-refractivity contribution in [3.8, 4) is 0 Å². The summed E-state index contributed by atoms with van der Waals surface area (Å²) >= 11 is 0.